The average molecular weight is 319 g/mol. The molecule has 1 aromatic rings. The van der Waals surface area contributed by atoms with Gasteiger partial charge in [-0.25, -0.2) is 0 Å². The number of benzene rings is 1. The molecular weight excluding hydrogens is 290 g/mol. The van der Waals surface area contributed by atoms with E-state index < -0.39 is 0 Å². The van der Waals surface area contributed by atoms with Crippen molar-refractivity contribution in [2.24, 2.45) is 4.99 Å². The second-order valence-electron chi connectivity index (χ2n) is 5.79. The van der Waals surface area contributed by atoms with Gasteiger partial charge in [0, 0.05) is 40.4 Å². The van der Waals surface area contributed by atoms with Crippen LogP contribution in [-0.2, 0) is 22.6 Å². The molecule has 0 spiro atoms. The van der Waals surface area contributed by atoms with E-state index in [2.05, 4.69) is 46.4 Å². The predicted octanol–water partition coefficient (Wildman–Crippen LogP) is 2.41. The van der Waals surface area contributed by atoms with Crippen molar-refractivity contribution >= 4 is 5.96 Å². The molecule has 0 radical (unpaired) electrons. The molecule has 1 aromatic carbocycles. The summed E-state index contributed by atoms with van der Waals surface area (Å²) in [5, 5.41) is 3.46. The van der Waals surface area contributed by atoms with E-state index >= 15 is 0 Å². The SMILES string of the molecule is CCOC1CCN(C(=NC)NCc2ccc(COC)cc2)CC1. The monoisotopic (exact) mass is 319 g/mol. The van der Waals surface area contributed by atoms with Crippen LogP contribution in [0.3, 0.4) is 0 Å². The maximum absolute atomic E-state index is 5.71. The van der Waals surface area contributed by atoms with Gasteiger partial charge in [-0.1, -0.05) is 24.3 Å². The molecule has 128 valence electrons. The lowest BCUT2D eigenvalue weighted by atomic mass is 10.1. The average Bonchev–Trinajstić information content (AvgIpc) is 2.59. The Bertz CT molecular complexity index is 480. The molecule has 0 unspecified atom stereocenters. The van der Waals surface area contributed by atoms with Crippen LogP contribution in [0.5, 0.6) is 0 Å². The smallest absolute Gasteiger partial charge is 0.193 e. The van der Waals surface area contributed by atoms with E-state index in [1.807, 2.05) is 7.05 Å². The van der Waals surface area contributed by atoms with Crippen LogP contribution in [0.2, 0.25) is 0 Å². The van der Waals surface area contributed by atoms with Crippen molar-refractivity contribution in [1.29, 1.82) is 0 Å². The van der Waals surface area contributed by atoms with Gasteiger partial charge in [-0.2, -0.15) is 0 Å². The second-order valence-corrected chi connectivity index (χ2v) is 5.79. The molecule has 1 N–H and O–H groups in total. The second kappa shape index (κ2) is 9.53. The molecule has 5 heteroatoms. The standard InChI is InChI=1S/C18H29N3O2/c1-4-23-17-9-11-21(12-10-17)18(19-2)20-13-15-5-7-16(8-6-15)14-22-3/h5-8,17H,4,9-14H2,1-3H3,(H,19,20). The lowest BCUT2D eigenvalue weighted by molar-refractivity contribution is 0.0263. The number of guanidine groups is 1. The minimum Gasteiger partial charge on any atom is -0.380 e. The van der Waals surface area contributed by atoms with Crippen LogP contribution in [0.25, 0.3) is 0 Å². The Hall–Kier alpha value is -1.59. The van der Waals surface area contributed by atoms with Gasteiger partial charge in [-0.3, -0.25) is 4.99 Å². The molecule has 5 nitrogen and oxygen atoms in total. The van der Waals surface area contributed by atoms with Crippen molar-refractivity contribution in [2.45, 2.75) is 39.0 Å². The first-order chi connectivity index (χ1) is 11.3. The molecule has 2 rings (SSSR count). The maximum Gasteiger partial charge on any atom is 0.193 e. The van der Waals surface area contributed by atoms with Gasteiger partial charge >= 0.3 is 0 Å². The Morgan fingerprint density at radius 3 is 2.43 bits per heavy atom. The first-order valence-corrected chi connectivity index (χ1v) is 8.40. The fraction of sp³-hybridized carbons (Fsp3) is 0.611. The fourth-order valence-electron chi connectivity index (χ4n) is 2.90. The number of aliphatic imine (C=N–C) groups is 1. The highest BCUT2D eigenvalue weighted by atomic mass is 16.5. The Balaban J connectivity index is 1.81. The van der Waals surface area contributed by atoms with Crippen LogP contribution in [0.15, 0.2) is 29.3 Å². The molecule has 0 aliphatic carbocycles. The number of ether oxygens (including phenoxy) is 2. The Morgan fingerprint density at radius 1 is 1.22 bits per heavy atom. The van der Waals surface area contributed by atoms with E-state index in [4.69, 9.17) is 9.47 Å². The van der Waals surface area contributed by atoms with Crippen molar-refractivity contribution in [2.75, 3.05) is 33.9 Å². The van der Waals surface area contributed by atoms with E-state index in [-0.39, 0.29) is 0 Å². The molecule has 0 amide bonds. The molecular formula is C18H29N3O2. The van der Waals surface area contributed by atoms with Crippen molar-refractivity contribution in [1.82, 2.24) is 10.2 Å². The minimum absolute atomic E-state index is 0.405. The molecule has 0 aromatic heterocycles. The van der Waals surface area contributed by atoms with Gasteiger partial charge in [0.2, 0.25) is 0 Å². The summed E-state index contributed by atoms with van der Waals surface area (Å²) in [5.74, 6) is 0.973. The molecule has 1 fully saturated rings. The van der Waals surface area contributed by atoms with Crippen LogP contribution in [-0.4, -0.2) is 50.8 Å². The summed E-state index contributed by atoms with van der Waals surface area (Å²) in [6.07, 6.45) is 2.54. The molecule has 1 heterocycles. The van der Waals surface area contributed by atoms with E-state index in [1.54, 1.807) is 7.11 Å². The number of nitrogens with one attached hydrogen (secondary N) is 1. The number of hydrogen-bond acceptors (Lipinski definition) is 3. The number of hydrogen-bond donors (Lipinski definition) is 1. The largest absolute Gasteiger partial charge is 0.380 e. The third kappa shape index (κ3) is 5.52. The molecule has 0 bridgehead atoms. The van der Waals surface area contributed by atoms with Crippen LogP contribution in [0.4, 0.5) is 0 Å². The topological polar surface area (TPSA) is 46.1 Å². The molecule has 1 saturated heterocycles. The van der Waals surface area contributed by atoms with Crippen molar-refractivity contribution < 1.29 is 9.47 Å². The summed E-state index contributed by atoms with van der Waals surface area (Å²) in [7, 11) is 3.56. The summed E-state index contributed by atoms with van der Waals surface area (Å²) in [4.78, 5) is 6.73. The summed E-state index contributed by atoms with van der Waals surface area (Å²) in [6.45, 7) is 6.30. The van der Waals surface area contributed by atoms with Crippen LogP contribution < -0.4 is 5.32 Å². The lowest BCUT2D eigenvalue weighted by Gasteiger charge is -2.34. The first-order valence-electron chi connectivity index (χ1n) is 8.40. The van der Waals surface area contributed by atoms with Crippen molar-refractivity contribution in [3.63, 3.8) is 0 Å². The summed E-state index contributed by atoms with van der Waals surface area (Å²) >= 11 is 0. The fourth-order valence-corrected chi connectivity index (χ4v) is 2.90. The normalized spacial score (nSPS) is 16.7. The number of rotatable bonds is 6. The van der Waals surface area contributed by atoms with Gasteiger partial charge in [0.25, 0.3) is 0 Å². The molecule has 1 aliphatic heterocycles. The Morgan fingerprint density at radius 2 is 1.87 bits per heavy atom. The van der Waals surface area contributed by atoms with Crippen LogP contribution in [0, 0.1) is 0 Å². The number of nitrogens with zero attached hydrogens (tertiary/aromatic N) is 2. The van der Waals surface area contributed by atoms with E-state index in [9.17, 15) is 0 Å². The number of methoxy groups -OCH3 is 1. The third-order valence-corrected chi connectivity index (χ3v) is 4.14. The van der Waals surface area contributed by atoms with Crippen LogP contribution in [0.1, 0.15) is 30.9 Å². The molecule has 1 aliphatic rings. The maximum atomic E-state index is 5.71. The van der Waals surface area contributed by atoms with Gasteiger partial charge < -0.3 is 19.7 Å². The van der Waals surface area contributed by atoms with E-state index in [0.29, 0.717) is 12.7 Å². The molecule has 0 atom stereocenters. The van der Waals surface area contributed by atoms with Gasteiger partial charge in [-0.15, -0.1) is 0 Å². The minimum atomic E-state index is 0.405. The lowest BCUT2D eigenvalue weighted by Crippen LogP contribution is -2.46. The Kier molecular flexibility index (Phi) is 7.36. The van der Waals surface area contributed by atoms with Gasteiger partial charge in [0.15, 0.2) is 5.96 Å². The van der Waals surface area contributed by atoms with Crippen molar-refractivity contribution in [3.05, 3.63) is 35.4 Å². The van der Waals surface area contributed by atoms with E-state index in [1.165, 1.54) is 11.1 Å². The number of piperidine rings is 1. The molecule has 23 heavy (non-hydrogen) atoms. The quantitative estimate of drug-likeness (QED) is 0.646. The number of likely N-dealkylation sites (tertiary alicyclic amines) is 1. The summed E-state index contributed by atoms with van der Waals surface area (Å²) in [5.41, 5.74) is 2.44. The van der Waals surface area contributed by atoms with Gasteiger partial charge in [-0.05, 0) is 30.9 Å². The first kappa shape index (κ1) is 17.8. The highest BCUT2D eigenvalue weighted by Gasteiger charge is 2.21. The van der Waals surface area contributed by atoms with Crippen molar-refractivity contribution in [3.8, 4) is 0 Å². The zero-order valence-electron chi connectivity index (χ0n) is 14.5. The van der Waals surface area contributed by atoms with Gasteiger partial charge in [0.1, 0.15) is 0 Å². The zero-order chi connectivity index (χ0) is 16.5. The van der Waals surface area contributed by atoms with E-state index in [0.717, 1.165) is 45.0 Å². The third-order valence-electron chi connectivity index (χ3n) is 4.14. The van der Waals surface area contributed by atoms with Gasteiger partial charge in [0.05, 0.1) is 12.7 Å². The summed E-state index contributed by atoms with van der Waals surface area (Å²) in [6, 6.07) is 8.49. The Labute approximate surface area is 139 Å². The zero-order valence-corrected chi connectivity index (χ0v) is 14.5. The summed E-state index contributed by atoms with van der Waals surface area (Å²) < 4.78 is 10.8. The van der Waals surface area contributed by atoms with Crippen LogP contribution >= 0.6 is 0 Å². The highest BCUT2D eigenvalue weighted by Crippen LogP contribution is 2.14. The highest BCUT2D eigenvalue weighted by molar-refractivity contribution is 5.79. The molecule has 0 saturated carbocycles. The predicted molar refractivity (Wildman–Crippen MR) is 93.6 cm³/mol.